The Morgan fingerprint density at radius 1 is 1.11 bits per heavy atom. The molecule has 0 atom stereocenters. The van der Waals surface area contributed by atoms with Gasteiger partial charge in [0, 0.05) is 16.6 Å². The van der Waals surface area contributed by atoms with E-state index in [-0.39, 0.29) is 11.5 Å². The fraction of sp³-hybridized carbons (Fsp3) is 0.158. The minimum absolute atomic E-state index is 0.00689. The molecule has 1 N–H and O–H groups in total. The summed E-state index contributed by atoms with van der Waals surface area (Å²) in [4.78, 5) is 7.59. The lowest BCUT2D eigenvalue weighted by molar-refractivity contribution is -0.286. The molecular weight excluding hydrogens is 354 g/mol. The highest BCUT2D eigenvalue weighted by atomic mass is 19.3. The lowest BCUT2D eigenvalue weighted by Gasteiger charge is -2.06. The van der Waals surface area contributed by atoms with Gasteiger partial charge in [-0.3, -0.25) is 0 Å². The van der Waals surface area contributed by atoms with Gasteiger partial charge >= 0.3 is 6.29 Å². The fourth-order valence-electron chi connectivity index (χ4n) is 3.20. The standard InChI is InChI=1S/C19H14F2N4O2/c1-10-8-23-25(11(10)2)13-6-12-7-15(24-18(12)22-9-13)14-4-3-5-16-17(14)27-19(20,21)26-16/h3-9H,1-2H3,(H,22,24). The third-order valence-electron chi connectivity index (χ3n) is 4.67. The second-order valence-electron chi connectivity index (χ2n) is 6.44. The Balaban J connectivity index is 1.61. The van der Waals surface area contributed by atoms with Gasteiger partial charge in [-0.05, 0) is 43.7 Å². The molecule has 0 fully saturated rings. The zero-order valence-corrected chi connectivity index (χ0v) is 14.5. The van der Waals surface area contributed by atoms with Crippen LogP contribution < -0.4 is 9.47 Å². The number of aromatic nitrogens is 4. The Morgan fingerprint density at radius 3 is 2.74 bits per heavy atom. The van der Waals surface area contributed by atoms with Crippen LogP contribution in [0.25, 0.3) is 28.0 Å². The van der Waals surface area contributed by atoms with Crippen LogP contribution in [0.3, 0.4) is 0 Å². The molecule has 4 aromatic rings. The lowest BCUT2D eigenvalue weighted by Crippen LogP contribution is -2.26. The normalized spacial score (nSPS) is 14.8. The van der Waals surface area contributed by atoms with E-state index in [1.54, 1.807) is 24.5 Å². The quantitative estimate of drug-likeness (QED) is 0.571. The van der Waals surface area contributed by atoms with Gasteiger partial charge in [-0.15, -0.1) is 8.78 Å². The number of aryl methyl sites for hydroxylation is 1. The van der Waals surface area contributed by atoms with E-state index in [0.717, 1.165) is 22.3 Å². The highest BCUT2D eigenvalue weighted by Gasteiger charge is 2.44. The number of fused-ring (bicyclic) bond motifs is 2. The van der Waals surface area contributed by atoms with E-state index >= 15 is 0 Å². The monoisotopic (exact) mass is 368 g/mol. The average Bonchev–Trinajstić information content (AvgIpc) is 3.28. The SMILES string of the molecule is Cc1cnn(-c2cnc3[nH]c(-c4cccc5c4OC(F)(F)O5)cc3c2)c1C. The molecule has 0 spiro atoms. The van der Waals surface area contributed by atoms with Gasteiger partial charge in [0.1, 0.15) is 5.65 Å². The number of alkyl halides is 2. The molecule has 0 saturated carbocycles. The van der Waals surface area contributed by atoms with Crippen molar-refractivity contribution in [2.45, 2.75) is 20.1 Å². The minimum atomic E-state index is -3.66. The summed E-state index contributed by atoms with van der Waals surface area (Å²) in [5, 5.41) is 5.20. The zero-order chi connectivity index (χ0) is 18.8. The Hall–Kier alpha value is -3.42. The number of hydrogen-bond donors (Lipinski definition) is 1. The lowest BCUT2D eigenvalue weighted by atomic mass is 10.1. The first-order valence-electron chi connectivity index (χ1n) is 8.31. The number of benzene rings is 1. The molecule has 0 radical (unpaired) electrons. The highest BCUT2D eigenvalue weighted by molar-refractivity contribution is 5.86. The van der Waals surface area contributed by atoms with Gasteiger partial charge in [0.15, 0.2) is 11.5 Å². The number of nitrogens with zero attached hydrogens (tertiary/aromatic N) is 3. The van der Waals surface area contributed by atoms with E-state index in [9.17, 15) is 8.78 Å². The summed E-state index contributed by atoms with van der Waals surface area (Å²) in [5.41, 5.74) is 4.67. The fourth-order valence-corrected chi connectivity index (χ4v) is 3.20. The van der Waals surface area contributed by atoms with Crippen molar-refractivity contribution in [3.63, 3.8) is 0 Å². The van der Waals surface area contributed by atoms with Gasteiger partial charge in [-0.1, -0.05) is 6.07 Å². The summed E-state index contributed by atoms with van der Waals surface area (Å²) in [6.07, 6.45) is -0.149. The first-order valence-corrected chi connectivity index (χ1v) is 8.31. The van der Waals surface area contributed by atoms with Crippen LogP contribution in [0, 0.1) is 13.8 Å². The van der Waals surface area contributed by atoms with E-state index in [2.05, 4.69) is 24.5 Å². The Morgan fingerprint density at radius 2 is 1.96 bits per heavy atom. The second kappa shape index (κ2) is 5.29. The molecule has 136 valence electrons. The topological polar surface area (TPSA) is 65.0 Å². The van der Waals surface area contributed by atoms with Crippen LogP contribution in [0.2, 0.25) is 0 Å². The van der Waals surface area contributed by atoms with Crippen LogP contribution in [0.4, 0.5) is 8.78 Å². The van der Waals surface area contributed by atoms with E-state index in [0.29, 0.717) is 16.9 Å². The van der Waals surface area contributed by atoms with Crippen molar-refractivity contribution in [2.75, 3.05) is 0 Å². The van der Waals surface area contributed by atoms with E-state index in [4.69, 9.17) is 0 Å². The molecule has 3 aromatic heterocycles. The van der Waals surface area contributed by atoms with Crippen LogP contribution in [0.15, 0.2) is 42.7 Å². The minimum Gasteiger partial charge on any atom is -0.395 e. The van der Waals surface area contributed by atoms with Crippen LogP contribution >= 0.6 is 0 Å². The van der Waals surface area contributed by atoms with Crippen LogP contribution in [-0.2, 0) is 0 Å². The molecular formula is C19H14F2N4O2. The molecule has 1 aliphatic rings. The maximum absolute atomic E-state index is 13.4. The predicted octanol–water partition coefficient (Wildman–Crippen LogP) is 4.35. The van der Waals surface area contributed by atoms with Crippen molar-refractivity contribution in [1.29, 1.82) is 0 Å². The summed E-state index contributed by atoms with van der Waals surface area (Å²) in [7, 11) is 0. The summed E-state index contributed by atoms with van der Waals surface area (Å²) in [6, 6.07) is 8.56. The van der Waals surface area contributed by atoms with E-state index in [1.165, 1.54) is 6.07 Å². The van der Waals surface area contributed by atoms with E-state index < -0.39 is 6.29 Å². The van der Waals surface area contributed by atoms with Crippen molar-refractivity contribution < 1.29 is 18.3 Å². The molecule has 6 nitrogen and oxygen atoms in total. The van der Waals surface area contributed by atoms with Crippen molar-refractivity contribution in [2.24, 2.45) is 0 Å². The number of nitrogens with one attached hydrogen (secondary N) is 1. The van der Waals surface area contributed by atoms with Crippen LogP contribution in [0.1, 0.15) is 11.3 Å². The molecule has 0 amide bonds. The summed E-state index contributed by atoms with van der Waals surface area (Å²) in [6.45, 7) is 3.98. The summed E-state index contributed by atoms with van der Waals surface area (Å²) >= 11 is 0. The maximum atomic E-state index is 13.4. The number of rotatable bonds is 2. The third-order valence-corrected chi connectivity index (χ3v) is 4.67. The van der Waals surface area contributed by atoms with Gasteiger partial charge in [-0.25, -0.2) is 9.67 Å². The molecule has 4 heterocycles. The van der Waals surface area contributed by atoms with Crippen molar-refractivity contribution in [1.82, 2.24) is 19.7 Å². The number of para-hydroxylation sites is 1. The number of H-pyrrole nitrogens is 1. The number of pyridine rings is 1. The van der Waals surface area contributed by atoms with Crippen molar-refractivity contribution in [3.05, 3.63) is 54.0 Å². The van der Waals surface area contributed by atoms with Crippen molar-refractivity contribution in [3.8, 4) is 28.4 Å². The summed E-state index contributed by atoms with van der Waals surface area (Å²) < 4.78 is 37.9. The Kier molecular flexibility index (Phi) is 3.10. The average molecular weight is 368 g/mol. The molecule has 0 aliphatic carbocycles. The molecule has 27 heavy (non-hydrogen) atoms. The molecule has 0 saturated heterocycles. The van der Waals surface area contributed by atoms with E-state index in [1.807, 2.05) is 30.7 Å². The predicted molar refractivity (Wildman–Crippen MR) is 94.3 cm³/mol. The van der Waals surface area contributed by atoms with Crippen LogP contribution in [0.5, 0.6) is 11.5 Å². The van der Waals surface area contributed by atoms with Crippen LogP contribution in [-0.4, -0.2) is 26.0 Å². The molecule has 8 heteroatoms. The third kappa shape index (κ3) is 2.44. The largest absolute Gasteiger partial charge is 0.586 e. The first kappa shape index (κ1) is 15.8. The Labute approximate surface area is 152 Å². The summed E-state index contributed by atoms with van der Waals surface area (Å²) in [5.74, 6) is 0.0141. The number of hydrogen-bond acceptors (Lipinski definition) is 4. The molecule has 0 bridgehead atoms. The molecule has 0 unspecified atom stereocenters. The van der Waals surface area contributed by atoms with Gasteiger partial charge in [-0.2, -0.15) is 5.10 Å². The molecule has 5 rings (SSSR count). The van der Waals surface area contributed by atoms with Gasteiger partial charge < -0.3 is 14.5 Å². The molecule has 1 aromatic carbocycles. The van der Waals surface area contributed by atoms with Gasteiger partial charge in [0.05, 0.1) is 23.8 Å². The number of ether oxygens (including phenoxy) is 2. The van der Waals surface area contributed by atoms with Crippen molar-refractivity contribution >= 4 is 11.0 Å². The maximum Gasteiger partial charge on any atom is 0.586 e. The van der Waals surface area contributed by atoms with Gasteiger partial charge in [0.2, 0.25) is 0 Å². The number of halogens is 2. The smallest absolute Gasteiger partial charge is 0.395 e. The second-order valence-corrected chi connectivity index (χ2v) is 6.44. The van der Waals surface area contributed by atoms with Gasteiger partial charge in [0.25, 0.3) is 0 Å². The number of aromatic amines is 1. The highest BCUT2D eigenvalue weighted by Crippen LogP contribution is 2.47. The zero-order valence-electron chi connectivity index (χ0n) is 14.5. The first-order chi connectivity index (χ1) is 12.9. The Bertz CT molecular complexity index is 1200. The molecule has 1 aliphatic heterocycles.